The topological polar surface area (TPSA) is 22.9 Å². The highest BCUT2D eigenvalue weighted by Crippen LogP contribution is 2.52. The molecule has 12 rings (SSSR count). The Bertz CT molecular complexity index is 3840. The van der Waals surface area contributed by atoms with Gasteiger partial charge in [-0.15, -0.1) is 11.3 Å². The molecule has 0 atom stereocenters. The Hall–Kier alpha value is -7.02. The van der Waals surface area contributed by atoms with Crippen molar-refractivity contribution in [1.29, 1.82) is 0 Å². The summed E-state index contributed by atoms with van der Waals surface area (Å²) in [5.74, 6) is 0. The average molecular weight is 1010 g/mol. The lowest BCUT2D eigenvalue weighted by molar-refractivity contribution is 0.590. The van der Waals surface area contributed by atoms with E-state index in [0.717, 1.165) is 50.4 Å². The molecule has 0 saturated carbocycles. The first-order valence-electron chi connectivity index (χ1n) is 27.4. The van der Waals surface area contributed by atoms with Gasteiger partial charge in [-0.25, -0.2) is 0 Å². The van der Waals surface area contributed by atoms with Crippen molar-refractivity contribution in [2.45, 2.75) is 131 Å². The minimum atomic E-state index is -0.187. The van der Waals surface area contributed by atoms with E-state index in [4.69, 9.17) is 4.42 Å². The van der Waals surface area contributed by atoms with Crippen molar-refractivity contribution in [2.24, 2.45) is 0 Å². The van der Waals surface area contributed by atoms with Gasteiger partial charge >= 0.3 is 0 Å². The van der Waals surface area contributed by atoms with E-state index in [-0.39, 0.29) is 33.8 Å². The number of rotatable bonds is 5. The maximum Gasteiger partial charge on any atom is 0.264 e. The lowest BCUT2D eigenvalue weighted by Crippen LogP contribution is -2.60. The Morgan fingerprint density at radius 1 is 0.408 bits per heavy atom. The summed E-state index contributed by atoms with van der Waals surface area (Å²) in [5.41, 5.74) is 21.1. The third kappa shape index (κ3) is 8.25. The van der Waals surface area contributed by atoms with Crippen molar-refractivity contribution in [1.82, 2.24) is 0 Å². The molecule has 0 radical (unpaired) electrons. The number of furan rings is 1. The summed E-state index contributed by atoms with van der Waals surface area (Å²) in [6.07, 6.45) is 0. The first kappa shape index (κ1) is 49.8. The number of hydrogen-bond acceptors (Lipinski definition) is 5. The third-order valence-corrected chi connectivity index (χ3v) is 17.5. The summed E-state index contributed by atoms with van der Waals surface area (Å²) in [5, 5.41) is 3.53. The van der Waals surface area contributed by atoms with Gasteiger partial charge in [0.05, 0.1) is 11.4 Å². The summed E-state index contributed by atoms with van der Waals surface area (Å²) in [6, 6.07) is 62.7. The highest BCUT2D eigenvalue weighted by Gasteiger charge is 2.47. The molecule has 382 valence electrons. The van der Waals surface area contributed by atoms with Gasteiger partial charge in [-0.1, -0.05) is 183 Å². The van der Waals surface area contributed by atoms with Crippen LogP contribution < -0.4 is 30.4 Å². The predicted molar refractivity (Wildman–Crippen MR) is 331 cm³/mol. The Morgan fingerprint density at radius 2 is 0.921 bits per heavy atom. The predicted octanol–water partition coefficient (Wildman–Crippen LogP) is 18.8. The molecule has 0 amide bonds. The summed E-state index contributed by atoms with van der Waals surface area (Å²) in [7, 11) is 0. The minimum Gasteiger partial charge on any atom is -0.454 e. The molecular weight excluding hydrogens is 942 g/mol. The molecule has 0 fully saturated rings. The second kappa shape index (κ2) is 17.2. The van der Waals surface area contributed by atoms with Gasteiger partial charge in [0.1, 0.15) is 5.58 Å². The number of thiophene rings is 1. The number of nitrogens with zero attached hydrogens (tertiary/aromatic N) is 3. The lowest BCUT2D eigenvalue weighted by Gasteiger charge is -2.44. The first-order chi connectivity index (χ1) is 35.8. The van der Waals surface area contributed by atoms with Gasteiger partial charge in [-0.3, -0.25) is 0 Å². The maximum atomic E-state index is 7.06. The van der Waals surface area contributed by atoms with Crippen molar-refractivity contribution < 1.29 is 4.42 Å². The van der Waals surface area contributed by atoms with Crippen LogP contribution in [0.3, 0.4) is 0 Å². The lowest BCUT2D eigenvalue weighted by atomic mass is 9.36. The van der Waals surface area contributed by atoms with Crippen LogP contribution in [0, 0.1) is 0 Å². The van der Waals surface area contributed by atoms with Crippen LogP contribution in [0.15, 0.2) is 168 Å². The van der Waals surface area contributed by atoms with Crippen LogP contribution >= 0.6 is 11.3 Å². The fraction of sp³-hybridized carbons (Fsp3) is 0.286. The molecule has 4 nitrogen and oxygen atoms in total. The standard InChI is InChI=1S/C70H72BN3OS/c1-66(2,3)43-23-30-48(31-24-43)72(49-32-25-44(26-33-49)67(4,5)6)51-36-37-55-57(42-51)74(56-21-18-20-53-52-19-16-17-22-60(52)75-64(53)56)59-41-47(70(13,14)15)40-58-62(59)71(55)65-63(54-39-46(69(10,11)12)29-38-61(54)76-65)73(58)50-34-27-45(28-35-50)68(7,8)9/h16-42H,1-15H3. The van der Waals surface area contributed by atoms with Gasteiger partial charge in [0.25, 0.3) is 6.71 Å². The van der Waals surface area contributed by atoms with Crippen molar-refractivity contribution >= 4 is 117 Å². The zero-order chi connectivity index (χ0) is 53.6. The van der Waals surface area contributed by atoms with E-state index in [1.54, 1.807) is 0 Å². The van der Waals surface area contributed by atoms with E-state index >= 15 is 0 Å². The van der Waals surface area contributed by atoms with E-state index in [0.29, 0.717) is 0 Å². The average Bonchev–Trinajstić information content (AvgIpc) is 4.12. The fourth-order valence-electron chi connectivity index (χ4n) is 11.7. The molecule has 4 heterocycles. The molecule has 2 aromatic heterocycles. The van der Waals surface area contributed by atoms with Crippen LogP contribution in [0.2, 0.25) is 0 Å². The van der Waals surface area contributed by atoms with E-state index in [2.05, 4.69) is 282 Å². The third-order valence-electron chi connectivity index (χ3n) is 16.2. The van der Waals surface area contributed by atoms with Crippen molar-refractivity contribution in [3.8, 4) is 0 Å². The van der Waals surface area contributed by atoms with Gasteiger partial charge in [0, 0.05) is 65.4 Å². The summed E-state index contributed by atoms with van der Waals surface area (Å²) < 4.78 is 9.72. The van der Waals surface area contributed by atoms with E-state index in [1.807, 2.05) is 11.3 Å². The second-order valence-corrected chi connectivity index (χ2v) is 27.9. The Balaban J connectivity index is 1.19. The summed E-state index contributed by atoms with van der Waals surface area (Å²) in [4.78, 5) is 7.64. The van der Waals surface area contributed by atoms with Crippen molar-refractivity contribution in [3.05, 3.63) is 192 Å². The van der Waals surface area contributed by atoms with Crippen LogP contribution in [0.5, 0.6) is 0 Å². The number of benzene rings is 8. The van der Waals surface area contributed by atoms with Gasteiger partial charge in [0.2, 0.25) is 0 Å². The smallest absolute Gasteiger partial charge is 0.264 e. The van der Waals surface area contributed by atoms with Crippen LogP contribution in [0.25, 0.3) is 32.0 Å². The van der Waals surface area contributed by atoms with Gasteiger partial charge < -0.3 is 19.1 Å². The van der Waals surface area contributed by atoms with E-state index in [9.17, 15) is 0 Å². The van der Waals surface area contributed by atoms with Gasteiger partial charge in [0.15, 0.2) is 5.58 Å². The summed E-state index contributed by atoms with van der Waals surface area (Å²) in [6.45, 7) is 34.7. The second-order valence-electron chi connectivity index (χ2n) is 26.8. The molecule has 8 aromatic carbocycles. The normalized spacial score (nSPS) is 13.9. The largest absolute Gasteiger partial charge is 0.454 e. The molecule has 76 heavy (non-hydrogen) atoms. The highest BCUT2D eigenvalue weighted by molar-refractivity contribution is 7.33. The Kier molecular flexibility index (Phi) is 11.3. The van der Waals surface area contributed by atoms with Gasteiger partial charge in [-0.2, -0.15) is 0 Å². The molecule has 10 aromatic rings. The highest BCUT2D eigenvalue weighted by atomic mass is 32.1. The zero-order valence-corrected chi connectivity index (χ0v) is 48.1. The zero-order valence-electron chi connectivity index (χ0n) is 47.3. The van der Waals surface area contributed by atoms with E-state index in [1.165, 1.54) is 76.4 Å². The number of hydrogen-bond donors (Lipinski definition) is 0. The molecule has 2 aliphatic rings. The fourth-order valence-corrected chi connectivity index (χ4v) is 13.0. The Labute approximate surface area is 456 Å². The molecular formula is C70H72BN3OS. The van der Waals surface area contributed by atoms with E-state index < -0.39 is 0 Å². The molecule has 6 heteroatoms. The summed E-state index contributed by atoms with van der Waals surface area (Å²) >= 11 is 1.96. The molecule has 0 N–H and O–H groups in total. The molecule has 0 unspecified atom stereocenters. The van der Waals surface area contributed by atoms with Crippen molar-refractivity contribution in [3.63, 3.8) is 0 Å². The number of anilines is 9. The maximum absolute atomic E-state index is 7.06. The monoisotopic (exact) mass is 1010 g/mol. The van der Waals surface area contributed by atoms with Crippen LogP contribution in [0.1, 0.15) is 132 Å². The first-order valence-corrected chi connectivity index (χ1v) is 28.2. The van der Waals surface area contributed by atoms with Crippen LogP contribution in [-0.4, -0.2) is 6.71 Å². The van der Waals surface area contributed by atoms with Crippen LogP contribution in [-0.2, 0) is 27.1 Å². The molecule has 0 spiro atoms. The minimum absolute atomic E-state index is 0.0146. The molecule has 0 saturated heterocycles. The quantitative estimate of drug-likeness (QED) is 0.160. The van der Waals surface area contributed by atoms with Crippen LogP contribution in [0.4, 0.5) is 51.2 Å². The Morgan fingerprint density at radius 3 is 1.50 bits per heavy atom. The molecule has 0 aliphatic carbocycles. The van der Waals surface area contributed by atoms with Crippen molar-refractivity contribution in [2.75, 3.05) is 14.7 Å². The number of para-hydroxylation sites is 2. The SMILES string of the molecule is CC(C)(C)c1ccc(N(c2ccc(C(C)(C)C)cc2)c2ccc3c(c2)N(c2cccc4c2oc2ccccc24)c2cc(C(C)(C)C)cc4c2B3c2sc3ccc(C(C)(C)C)cc3c2N4c2ccc(C(C)(C)C)cc2)cc1. The van der Waals surface area contributed by atoms with Gasteiger partial charge in [-0.05, 0) is 151 Å². The molecule has 2 aliphatic heterocycles. The molecule has 0 bridgehead atoms. The number of fused-ring (bicyclic) bond motifs is 9.